The lowest BCUT2D eigenvalue weighted by atomic mass is 9.53. The summed E-state index contributed by atoms with van der Waals surface area (Å²) in [7, 11) is 0. The number of rotatable bonds is 5. The molecule has 1 aromatic carbocycles. The largest absolute Gasteiger partial charge is 0.369 e. The number of carbonyl (C=O) groups excluding carboxylic acids is 1. The smallest absolute Gasteiger partial charge is 0.269 e. The molecule has 1 amide bonds. The van der Waals surface area contributed by atoms with Gasteiger partial charge < -0.3 is 10.2 Å². The molecule has 0 aromatic heterocycles. The van der Waals surface area contributed by atoms with Crippen molar-refractivity contribution in [1.29, 1.82) is 0 Å². The fourth-order valence-electron chi connectivity index (χ4n) is 6.75. The zero-order chi connectivity index (χ0) is 20.0. The molecule has 5 fully saturated rings. The molecule has 7 heteroatoms. The first kappa shape index (κ1) is 18.9. The first-order chi connectivity index (χ1) is 14.0. The maximum Gasteiger partial charge on any atom is 0.269 e. The Morgan fingerprint density at radius 1 is 1.00 bits per heavy atom. The van der Waals surface area contributed by atoms with E-state index in [2.05, 4.69) is 15.1 Å². The summed E-state index contributed by atoms with van der Waals surface area (Å²) < 4.78 is 0. The first-order valence-electron chi connectivity index (χ1n) is 11.0. The molecular formula is C22H30N4O3. The van der Waals surface area contributed by atoms with Gasteiger partial charge in [-0.3, -0.25) is 19.8 Å². The van der Waals surface area contributed by atoms with E-state index >= 15 is 0 Å². The highest BCUT2D eigenvalue weighted by Crippen LogP contribution is 2.55. The van der Waals surface area contributed by atoms with Gasteiger partial charge in [-0.1, -0.05) is 0 Å². The van der Waals surface area contributed by atoms with Gasteiger partial charge in [0, 0.05) is 49.5 Å². The minimum atomic E-state index is -0.371. The topological polar surface area (TPSA) is 78.7 Å². The van der Waals surface area contributed by atoms with Gasteiger partial charge in [0.25, 0.3) is 5.69 Å². The fraction of sp³-hybridized carbons (Fsp3) is 0.682. The zero-order valence-electron chi connectivity index (χ0n) is 16.9. The van der Waals surface area contributed by atoms with Crippen LogP contribution in [0.25, 0.3) is 0 Å². The lowest BCUT2D eigenvalue weighted by molar-refractivity contribution is -0.384. The minimum absolute atomic E-state index is 0.0897. The fourth-order valence-corrected chi connectivity index (χ4v) is 6.75. The molecule has 1 saturated heterocycles. The number of nitro benzene ring substituents is 1. The van der Waals surface area contributed by atoms with E-state index < -0.39 is 0 Å². The maximum absolute atomic E-state index is 12.8. The lowest BCUT2D eigenvalue weighted by Gasteiger charge is -2.57. The molecule has 7 nitrogen and oxygen atoms in total. The number of hydrogen-bond acceptors (Lipinski definition) is 5. The summed E-state index contributed by atoms with van der Waals surface area (Å²) in [5.41, 5.74) is 1.22. The van der Waals surface area contributed by atoms with Crippen LogP contribution in [-0.4, -0.2) is 54.0 Å². The number of nitro groups is 1. The van der Waals surface area contributed by atoms with Gasteiger partial charge in [0.15, 0.2) is 0 Å². The number of nitrogens with zero attached hydrogens (tertiary/aromatic N) is 3. The highest BCUT2D eigenvalue weighted by Gasteiger charge is 2.51. The number of amides is 1. The monoisotopic (exact) mass is 398 g/mol. The Hall–Kier alpha value is -2.15. The summed E-state index contributed by atoms with van der Waals surface area (Å²) in [6, 6.07) is 6.74. The van der Waals surface area contributed by atoms with Gasteiger partial charge in [-0.15, -0.1) is 0 Å². The van der Waals surface area contributed by atoms with Gasteiger partial charge in [-0.05, 0) is 68.4 Å². The van der Waals surface area contributed by atoms with E-state index in [9.17, 15) is 14.9 Å². The SMILES string of the molecule is O=C(CN1CCN(c2ccc([N+](=O)[O-])cc2)CC1)NC12CC3CC(CC(C3)C1)C2. The molecule has 0 atom stereocenters. The van der Waals surface area contributed by atoms with Crippen molar-refractivity contribution < 1.29 is 9.72 Å². The van der Waals surface area contributed by atoms with Crippen molar-refractivity contribution >= 4 is 17.3 Å². The third-order valence-electron chi connectivity index (χ3n) is 7.61. The normalized spacial score (nSPS) is 33.7. The van der Waals surface area contributed by atoms with E-state index in [1.54, 1.807) is 12.1 Å². The van der Waals surface area contributed by atoms with Crippen LogP contribution < -0.4 is 10.2 Å². The van der Waals surface area contributed by atoms with Crippen LogP contribution in [0, 0.1) is 27.9 Å². The Morgan fingerprint density at radius 3 is 2.07 bits per heavy atom. The van der Waals surface area contributed by atoms with Crippen molar-refractivity contribution in [2.45, 2.75) is 44.1 Å². The van der Waals surface area contributed by atoms with Gasteiger partial charge in [-0.25, -0.2) is 0 Å². The van der Waals surface area contributed by atoms with Crippen LogP contribution in [0.1, 0.15) is 38.5 Å². The van der Waals surface area contributed by atoms with E-state index in [-0.39, 0.29) is 22.1 Å². The van der Waals surface area contributed by atoms with Crippen LogP contribution >= 0.6 is 0 Å². The molecule has 0 unspecified atom stereocenters. The second kappa shape index (κ2) is 7.27. The Kier molecular flexibility index (Phi) is 4.73. The third kappa shape index (κ3) is 3.84. The molecule has 0 spiro atoms. The average molecular weight is 399 g/mol. The lowest BCUT2D eigenvalue weighted by Crippen LogP contribution is -2.61. The molecule has 0 radical (unpaired) electrons. The zero-order valence-corrected chi connectivity index (χ0v) is 16.9. The van der Waals surface area contributed by atoms with Gasteiger partial charge >= 0.3 is 0 Å². The van der Waals surface area contributed by atoms with E-state index in [4.69, 9.17) is 0 Å². The molecule has 29 heavy (non-hydrogen) atoms. The number of hydrogen-bond donors (Lipinski definition) is 1. The van der Waals surface area contributed by atoms with Crippen molar-refractivity contribution in [3.05, 3.63) is 34.4 Å². The minimum Gasteiger partial charge on any atom is -0.369 e. The van der Waals surface area contributed by atoms with Crippen molar-refractivity contribution in [3.63, 3.8) is 0 Å². The third-order valence-corrected chi connectivity index (χ3v) is 7.61. The second-order valence-corrected chi connectivity index (χ2v) is 9.78. The summed E-state index contributed by atoms with van der Waals surface area (Å²) in [6.07, 6.45) is 7.75. The molecule has 1 aromatic rings. The summed E-state index contributed by atoms with van der Waals surface area (Å²) in [4.78, 5) is 27.7. The molecule has 5 aliphatic rings. The molecule has 4 bridgehead atoms. The first-order valence-corrected chi connectivity index (χ1v) is 11.0. The van der Waals surface area contributed by atoms with Crippen LogP contribution in [0.2, 0.25) is 0 Å². The van der Waals surface area contributed by atoms with Gasteiger partial charge in [0.1, 0.15) is 0 Å². The Morgan fingerprint density at radius 2 is 1.55 bits per heavy atom. The second-order valence-electron chi connectivity index (χ2n) is 9.78. The van der Waals surface area contributed by atoms with E-state index in [0.29, 0.717) is 6.54 Å². The van der Waals surface area contributed by atoms with Crippen LogP contribution in [0.4, 0.5) is 11.4 Å². The Labute approximate surface area is 171 Å². The predicted octanol–water partition coefficient (Wildman–Crippen LogP) is 2.80. The number of non-ortho nitro benzene ring substituents is 1. The van der Waals surface area contributed by atoms with E-state index in [1.807, 2.05) is 12.1 Å². The van der Waals surface area contributed by atoms with Crippen molar-refractivity contribution in [2.75, 3.05) is 37.6 Å². The van der Waals surface area contributed by atoms with Crippen molar-refractivity contribution in [3.8, 4) is 0 Å². The molecule has 156 valence electrons. The molecule has 6 rings (SSSR count). The standard InChI is InChI=1S/C22H30N4O3/c27-21(23-22-12-16-9-17(13-22)11-18(10-16)14-22)15-24-5-7-25(8-6-24)19-1-3-20(4-2-19)26(28)29/h1-4,16-18H,5-15H2,(H,23,27). The van der Waals surface area contributed by atoms with Gasteiger partial charge in [-0.2, -0.15) is 0 Å². The van der Waals surface area contributed by atoms with E-state index in [0.717, 1.165) is 49.6 Å². The molecule has 1 N–H and O–H groups in total. The maximum atomic E-state index is 12.8. The van der Waals surface area contributed by atoms with E-state index in [1.165, 1.54) is 38.5 Å². The summed E-state index contributed by atoms with van der Waals surface area (Å²) in [5.74, 6) is 2.71. The number of nitrogens with one attached hydrogen (secondary N) is 1. The molecule has 4 saturated carbocycles. The average Bonchev–Trinajstić information content (AvgIpc) is 2.67. The quantitative estimate of drug-likeness (QED) is 0.610. The van der Waals surface area contributed by atoms with Crippen LogP contribution in [0.15, 0.2) is 24.3 Å². The highest BCUT2D eigenvalue weighted by atomic mass is 16.6. The number of carbonyl (C=O) groups is 1. The molecule has 1 heterocycles. The summed E-state index contributed by atoms with van der Waals surface area (Å²) >= 11 is 0. The molecule has 4 aliphatic carbocycles. The van der Waals surface area contributed by atoms with Crippen LogP contribution in [0.3, 0.4) is 0 Å². The predicted molar refractivity (Wildman–Crippen MR) is 111 cm³/mol. The van der Waals surface area contributed by atoms with Gasteiger partial charge in [0.05, 0.1) is 11.5 Å². The van der Waals surface area contributed by atoms with Crippen molar-refractivity contribution in [1.82, 2.24) is 10.2 Å². The molecular weight excluding hydrogens is 368 g/mol. The number of piperazine rings is 1. The number of anilines is 1. The van der Waals surface area contributed by atoms with Crippen LogP contribution in [-0.2, 0) is 4.79 Å². The molecule has 1 aliphatic heterocycles. The Bertz CT molecular complexity index is 750. The summed E-state index contributed by atoms with van der Waals surface area (Å²) in [5, 5.41) is 14.3. The summed E-state index contributed by atoms with van der Waals surface area (Å²) in [6.45, 7) is 3.83. The number of benzene rings is 1. The highest BCUT2D eigenvalue weighted by molar-refractivity contribution is 5.79. The van der Waals surface area contributed by atoms with Gasteiger partial charge in [0.2, 0.25) is 5.91 Å². The van der Waals surface area contributed by atoms with Crippen molar-refractivity contribution in [2.24, 2.45) is 17.8 Å². The Balaban J connectivity index is 1.12. The van der Waals surface area contributed by atoms with Crippen LogP contribution in [0.5, 0.6) is 0 Å².